The Balaban J connectivity index is 2.12. The molecule has 1 N–H and O–H groups in total. The van der Waals surface area contributed by atoms with Gasteiger partial charge in [-0.05, 0) is 37.1 Å². The molecule has 1 fully saturated rings. The zero-order chi connectivity index (χ0) is 13.0. The molecule has 0 spiro atoms. The Kier molecular flexibility index (Phi) is 4.20. The summed E-state index contributed by atoms with van der Waals surface area (Å²) in [6, 6.07) is 8.45. The highest BCUT2D eigenvalue weighted by molar-refractivity contribution is 5.77. The molecule has 2 rings (SSSR count). The average Bonchev–Trinajstić information content (AvgIpc) is 2.86. The molecule has 0 aliphatic carbocycles. The number of carbonyl (C=O) groups excluding carboxylic acids is 1. The van der Waals surface area contributed by atoms with Crippen LogP contribution in [0.3, 0.4) is 0 Å². The van der Waals surface area contributed by atoms with Gasteiger partial charge in [-0.15, -0.1) is 0 Å². The summed E-state index contributed by atoms with van der Waals surface area (Å²) in [6.45, 7) is 1.45. The molecule has 1 heterocycles. The zero-order valence-corrected chi connectivity index (χ0v) is 11.0. The first kappa shape index (κ1) is 12.9. The van der Waals surface area contributed by atoms with Crippen LogP contribution in [0.2, 0.25) is 0 Å². The molecule has 1 amide bonds. The summed E-state index contributed by atoms with van der Waals surface area (Å²) < 4.78 is 5.25. The Bertz CT molecular complexity index is 420. The third-order valence-electron chi connectivity index (χ3n) is 3.47. The molecule has 1 atom stereocenters. The van der Waals surface area contributed by atoms with Crippen LogP contribution in [-0.4, -0.2) is 38.1 Å². The number of methoxy groups -OCH3 is 1. The highest BCUT2D eigenvalue weighted by Gasteiger charge is 2.27. The van der Waals surface area contributed by atoms with Crippen LogP contribution < -0.4 is 10.1 Å². The Morgan fingerprint density at radius 3 is 3.11 bits per heavy atom. The van der Waals surface area contributed by atoms with Crippen LogP contribution in [0, 0.1) is 0 Å². The van der Waals surface area contributed by atoms with Crippen LogP contribution in [0.4, 0.5) is 0 Å². The Labute approximate surface area is 108 Å². The van der Waals surface area contributed by atoms with Crippen LogP contribution in [0.25, 0.3) is 0 Å². The third-order valence-corrected chi connectivity index (χ3v) is 3.47. The molecular formula is C14H20N2O2. The number of hydrogen-bond donors (Lipinski definition) is 1. The van der Waals surface area contributed by atoms with Gasteiger partial charge in [-0.2, -0.15) is 0 Å². The summed E-state index contributed by atoms with van der Waals surface area (Å²) in [5.74, 6) is 0.948. The Morgan fingerprint density at radius 2 is 2.39 bits per heavy atom. The number of benzene rings is 1. The van der Waals surface area contributed by atoms with Crippen molar-refractivity contribution >= 4 is 5.91 Å². The van der Waals surface area contributed by atoms with E-state index < -0.39 is 0 Å². The number of rotatable bonds is 4. The fourth-order valence-electron chi connectivity index (χ4n) is 2.51. The molecule has 1 aliphatic rings. The van der Waals surface area contributed by atoms with Crippen molar-refractivity contribution in [1.29, 1.82) is 0 Å². The molecule has 1 aromatic carbocycles. The maximum absolute atomic E-state index is 11.5. The van der Waals surface area contributed by atoms with E-state index in [1.54, 1.807) is 14.2 Å². The van der Waals surface area contributed by atoms with E-state index in [0.29, 0.717) is 12.6 Å². The molecule has 0 bridgehead atoms. The number of likely N-dealkylation sites (tertiary alicyclic amines) is 1. The van der Waals surface area contributed by atoms with E-state index in [1.807, 2.05) is 12.1 Å². The maximum Gasteiger partial charge on any atom is 0.233 e. The van der Waals surface area contributed by atoms with Crippen molar-refractivity contribution in [3.63, 3.8) is 0 Å². The summed E-state index contributed by atoms with van der Waals surface area (Å²) in [6.07, 6.45) is 2.24. The van der Waals surface area contributed by atoms with Gasteiger partial charge in [-0.25, -0.2) is 0 Å². The van der Waals surface area contributed by atoms with Crippen LogP contribution in [0.15, 0.2) is 24.3 Å². The van der Waals surface area contributed by atoms with Crippen molar-refractivity contribution in [1.82, 2.24) is 10.2 Å². The minimum absolute atomic E-state index is 0.0739. The largest absolute Gasteiger partial charge is 0.497 e. The van der Waals surface area contributed by atoms with E-state index in [-0.39, 0.29) is 5.91 Å². The number of carbonyl (C=O) groups is 1. The topological polar surface area (TPSA) is 41.6 Å². The van der Waals surface area contributed by atoms with Crippen LogP contribution >= 0.6 is 0 Å². The zero-order valence-electron chi connectivity index (χ0n) is 11.0. The van der Waals surface area contributed by atoms with Gasteiger partial charge in [0.15, 0.2) is 0 Å². The van der Waals surface area contributed by atoms with E-state index in [4.69, 9.17) is 4.74 Å². The lowest BCUT2D eigenvalue weighted by molar-refractivity contribution is -0.122. The van der Waals surface area contributed by atoms with E-state index >= 15 is 0 Å². The number of ether oxygens (including phenoxy) is 1. The lowest BCUT2D eigenvalue weighted by Crippen LogP contribution is -2.35. The second kappa shape index (κ2) is 5.87. The van der Waals surface area contributed by atoms with Gasteiger partial charge in [0.1, 0.15) is 5.75 Å². The summed E-state index contributed by atoms with van der Waals surface area (Å²) in [5.41, 5.74) is 1.23. The first-order valence-corrected chi connectivity index (χ1v) is 6.33. The van der Waals surface area contributed by atoms with Gasteiger partial charge < -0.3 is 10.1 Å². The first-order valence-electron chi connectivity index (χ1n) is 6.33. The fraction of sp³-hybridized carbons (Fsp3) is 0.500. The van der Waals surface area contributed by atoms with Crippen molar-refractivity contribution in [2.45, 2.75) is 18.9 Å². The molecule has 1 aromatic rings. The molecule has 0 aromatic heterocycles. The molecule has 0 saturated carbocycles. The number of amides is 1. The van der Waals surface area contributed by atoms with Crippen LogP contribution in [-0.2, 0) is 4.79 Å². The molecule has 98 valence electrons. The van der Waals surface area contributed by atoms with Gasteiger partial charge in [0, 0.05) is 13.1 Å². The molecule has 4 heteroatoms. The predicted molar refractivity (Wildman–Crippen MR) is 70.6 cm³/mol. The van der Waals surface area contributed by atoms with Gasteiger partial charge >= 0.3 is 0 Å². The predicted octanol–water partition coefficient (Wildman–Crippen LogP) is 1.58. The number of nitrogens with one attached hydrogen (secondary N) is 1. The van der Waals surface area contributed by atoms with E-state index in [0.717, 1.165) is 25.1 Å². The van der Waals surface area contributed by atoms with Crippen molar-refractivity contribution in [2.75, 3.05) is 27.2 Å². The van der Waals surface area contributed by atoms with Crippen molar-refractivity contribution in [2.24, 2.45) is 0 Å². The third kappa shape index (κ3) is 2.82. The molecule has 18 heavy (non-hydrogen) atoms. The fourth-order valence-corrected chi connectivity index (χ4v) is 2.51. The van der Waals surface area contributed by atoms with Crippen molar-refractivity contribution in [3.05, 3.63) is 29.8 Å². The van der Waals surface area contributed by atoms with Gasteiger partial charge in [0.2, 0.25) is 5.91 Å². The van der Waals surface area contributed by atoms with Gasteiger partial charge in [0.05, 0.1) is 13.7 Å². The van der Waals surface area contributed by atoms with Crippen molar-refractivity contribution < 1.29 is 9.53 Å². The average molecular weight is 248 g/mol. The quantitative estimate of drug-likeness (QED) is 0.879. The summed E-state index contributed by atoms with van der Waals surface area (Å²) in [4.78, 5) is 13.7. The lowest BCUT2D eigenvalue weighted by Gasteiger charge is -2.24. The summed E-state index contributed by atoms with van der Waals surface area (Å²) in [7, 11) is 3.36. The SMILES string of the molecule is CNC(=O)CN1CCC[C@@H]1c1cccc(OC)c1. The normalized spacial score (nSPS) is 19.8. The molecule has 1 saturated heterocycles. The van der Waals surface area contributed by atoms with Gasteiger partial charge in [-0.3, -0.25) is 9.69 Å². The lowest BCUT2D eigenvalue weighted by atomic mass is 10.0. The molecule has 0 radical (unpaired) electrons. The minimum Gasteiger partial charge on any atom is -0.497 e. The number of hydrogen-bond acceptors (Lipinski definition) is 3. The second-order valence-electron chi connectivity index (χ2n) is 4.58. The van der Waals surface area contributed by atoms with Gasteiger partial charge in [0.25, 0.3) is 0 Å². The highest BCUT2D eigenvalue weighted by Crippen LogP contribution is 2.32. The molecular weight excluding hydrogens is 228 g/mol. The smallest absolute Gasteiger partial charge is 0.233 e. The Morgan fingerprint density at radius 1 is 1.56 bits per heavy atom. The van der Waals surface area contributed by atoms with E-state index in [9.17, 15) is 4.79 Å². The molecule has 0 unspecified atom stereocenters. The van der Waals surface area contributed by atoms with Gasteiger partial charge in [-0.1, -0.05) is 12.1 Å². The van der Waals surface area contributed by atoms with Crippen molar-refractivity contribution in [3.8, 4) is 5.75 Å². The Hall–Kier alpha value is -1.55. The van der Waals surface area contributed by atoms with E-state index in [1.165, 1.54) is 5.56 Å². The number of nitrogens with zero attached hydrogens (tertiary/aromatic N) is 1. The summed E-state index contributed by atoms with van der Waals surface area (Å²) in [5, 5.41) is 2.68. The van der Waals surface area contributed by atoms with E-state index in [2.05, 4.69) is 22.3 Å². The monoisotopic (exact) mass is 248 g/mol. The molecule has 1 aliphatic heterocycles. The van der Waals surface area contributed by atoms with Crippen LogP contribution in [0.1, 0.15) is 24.4 Å². The summed E-state index contributed by atoms with van der Waals surface area (Å²) >= 11 is 0. The minimum atomic E-state index is 0.0739. The maximum atomic E-state index is 11.5. The molecule has 4 nitrogen and oxygen atoms in total. The first-order chi connectivity index (χ1) is 8.74. The van der Waals surface area contributed by atoms with Crippen LogP contribution in [0.5, 0.6) is 5.75 Å². The highest BCUT2D eigenvalue weighted by atomic mass is 16.5. The standard InChI is InChI=1S/C14H20N2O2/c1-15-14(17)10-16-8-4-7-13(16)11-5-3-6-12(9-11)18-2/h3,5-6,9,13H,4,7-8,10H2,1-2H3,(H,15,17)/t13-/m1/s1. The number of likely N-dealkylation sites (N-methyl/N-ethyl adjacent to an activating group) is 1. The second-order valence-corrected chi connectivity index (χ2v) is 4.58.